The Morgan fingerprint density at radius 1 is 0.417 bits per heavy atom. The first kappa shape index (κ1) is 35.9. The van der Waals surface area contributed by atoms with Crippen LogP contribution in [-0.2, 0) is 0 Å². The van der Waals surface area contributed by atoms with Gasteiger partial charge in [-0.2, -0.15) is 0 Å². The minimum Gasteiger partial charge on any atom is -0.204 e. The lowest BCUT2D eigenvalue weighted by Gasteiger charge is -2.29. The quantitative estimate of drug-likeness (QED) is 0.118. The van der Waals surface area contributed by atoms with Crippen molar-refractivity contribution >= 4 is 0 Å². The van der Waals surface area contributed by atoms with Crippen LogP contribution < -0.4 is 0 Å². The van der Waals surface area contributed by atoms with Crippen molar-refractivity contribution in [2.45, 2.75) is 116 Å². The summed E-state index contributed by atoms with van der Waals surface area (Å²) in [4.78, 5) is 0. The first-order valence-electron chi connectivity index (χ1n) is 18.4. The van der Waals surface area contributed by atoms with Gasteiger partial charge in [-0.3, -0.25) is 0 Å². The molecule has 2 saturated carbocycles. The third-order valence-electron chi connectivity index (χ3n) is 10.9. The Balaban J connectivity index is 0.000000188. The summed E-state index contributed by atoms with van der Waals surface area (Å²) in [5.41, 5.74) is 6.10. The van der Waals surface area contributed by atoms with Gasteiger partial charge in [0.25, 0.3) is 0 Å². The number of rotatable bonds is 10. The smallest absolute Gasteiger partial charge is 0.159 e. The first-order chi connectivity index (χ1) is 23.3. The second-order valence-corrected chi connectivity index (χ2v) is 14.2. The van der Waals surface area contributed by atoms with Gasteiger partial charge in [-0.1, -0.05) is 113 Å². The fourth-order valence-corrected chi connectivity index (χ4v) is 7.91. The lowest BCUT2D eigenvalue weighted by atomic mass is 9.77. The molecule has 4 heteroatoms. The Bertz CT molecular complexity index is 1540. The monoisotopic (exact) mass is 656 g/mol. The molecule has 48 heavy (non-hydrogen) atoms. The number of benzene rings is 4. The Hall–Kier alpha value is -3.40. The normalized spacial score (nSPS) is 21.0. The molecule has 2 fully saturated rings. The molecule has 2 aliphatic carbocycles. The molecule has 0 aliphatic heterocycles. The van der Waals surface area contributed by atoms with Gasteiger partial charge in [0, 0.05) is 0 Å². The highest BCUT2D eigenvalue weighted by atomic mass is 19.2. The lowest BCUT2D eigenvalue weighted by Crippen LogP contribution is -2.13. The molecule has 0 unspecified atom stereocenters. The summed E-state index contributed by atoms with van der Waals surface area (Å²) in [6.45, 7) is 4.53. The molecule has 2 aliphatic rings. The van der Waals surface area contributed by atoms with Crippen LogP contribution in [0.2, 0.25) is 0 Å². The van der Waals surface area contributed by atoms with E-state index in [0.29, 0.717) is 11.8 Å². The Kier molecular flexibility index (Phi) is 13.3. The van der Waals surface area contributed by atoms with Crippen molar-refractivity contribution in [2.75, 3.05) is 0 Å². The van der Waals surface area contributed by atoms with Crippen molar-refractivity contribution in [2.24, 2.45) is 11.8 Å². The molecule has 0 N–H and O–H groups in total. The maximum atomic E-state index is 13.4. The maximum absolute atomic E-state index is 13.4. The average Bonchev–Trinajstić information content (AvgIpc) is 3.12. The molecular formula is C44H52F4. The maximum Gasteiger partial charge on any atom is 0.159 e. The Morgan fingerprint density at radius 3 is 1.19 bits per heavy atom. The van der Waals surface area contributed by atoms with Gasteiger partial charge in [0.1, 0.15) is 0 Å². The van der Waals surface area contributed by atoms with Gasteiger partial charge >= 0.3 is 0 Å². The minimum atomic E-state index is -0.797. The van der Waals surface area contributed by atoms with Crippen LogP contribution in [0.15, 0.2) is 84.9 Å². The third kappa shape index (κ3) is 9.83. The molecule has 0 bridgehead atoms. The highest BCUT2D eigenvalue weighted by Gasteiger charge is 2.23. The number of hydrogen-bond acceptors (Lipinski definition) is 0. The molecule has 0 atom stereocenters. The van der Waals surface area contributed by atoms with E-state index in [0.717, 1.165) is 34.1 Å². The molecule has 0 nitrogen and oxygen atoms in total. The van der Waals surface area contributed by atoms with Gasteiger partial charge < -0.3 is 0 Å². The van der Waals surface area contributed by atoms with E-state index in [2.05, 4.69) is 38.1 Å². The lowest BCUT2D eigenvalue weighted by molar-refractivity contribution is 0.303. The van der Waals surface area contributed by atoms with Crippen molar-refractivity contribution in [3.63, 3.8) is 0 Å². The van der Waals surface area contributed by atoms with Crippen LogP contribution in [0.3, 0.4) is 0 Å². The SMILES string of the molecule is CCCC1CCC(c2ccc(-c3ccc(F)c(F)c3)cc2)CC1.CCCCCC1CCC(c2ccc(-c3ccc(F)c(F)c3)cc2)CC1. The van der Waals surface area contributed by atoms with E-state index < -0.39 is 23.3 Å². The van der Waals surface area contributed by atoms with Crippen molar-refractivity contribution in [3.8, 4) is 22.3 Å². The molecule has 0 spiro atoms. The largest absolute Gasteiger partial charge is 0.204 e. The van der Waals surface area contributed by atoms with Gasteiger partial charge in [-0.15, -0.1) is 0 Å². The predicted octanol–water partition coefficient (Wildman–Crippen LogP) is 14.2. The van der Waals surface area contributed by atoms with Gasteiger partial charge in [0.2, 0.25) is 0 Å². The molecule has 256 valence electrons. The van der Waals surface area contributed by atoms with E-state index in [9.17, 15) is 17.6 Å². The zero-order chi connectivity index (χ0) is 33.9. The van der Waals surface area contributed by atoms with Crippen LogP contribution in [0.25, 0.3) is 22.3 Å². The van der Waals surface area contributed by atoms with E-state index in [4.69, 9.17) is 0 Å². The second-order valence-electron chi connectivity index (χ2n) is 14.2. The van der Waals surface area contributed by atoms with E-state index >= 15 is 0 Å². The Morgan fingerprint density at radius 2 is 0.812 bits per heavy atom. The molecule has 0 heterocycles. The molecule has 0 radical (unpaired) electrons. The van der Waals surface area contributed by atoms with Crippen molar-refractivity contribution in [1.82, 2.24) is 0 Å². The average molecular weight is 657 g/mol. The van der Waals surface area contributed by atoms with Gasteiger partial charge in [0.15, 0.2) is 23.3 Å². The summed E-state index contributed by atoms with van der Waals surface area (Å²) in [6, 6.07) is 24.9. The van der Waals surface area contributed by atoms with E-state index in [-0.39, 0.29) is 0 Å². The summed E-state index contributed by atoms with van der Waals surface area (Å²) in [7, 11) is 0. The van der Waals surface area contributed by atoms with Crippen LogP contribution >= 0.6 is 0 Å². The molecule has 0 saturated heterocycles. The molecule has 4 aromatic carbocycles. The minimum absolute atomic E-state index is 0.654. The van der Waals surface area contributed by atoms with Crippen molar-refractivity contribution in [1.29, 1.82) is 0 Å². The standard InChI is InChI=1S/C23H28F2.C21H24F2/c1-2-3-4-5-17-6-8-18(9-7-17)19-10-12-20(13-11-19)21-14-15-22(24)23(25)16-21;1-2-3-15-4-6-16(7-5-15)17-8-10-18(11-9-17)19-12-13-20(22)21(23)14-19/h10-18H,2-9H2,1H3;8-16H,2-7H2,1H3. The van der Waals surface area contributed by atoms with Crippen molar-refractivity contribution < 1.29 is 17.6 Å². The molecule has 6 rings (SSSR count). The first-order valence-corrected chi connectivity index (χ1v) is 18.4. The van der Waals surface area contributed by atoms with Crippen LogP contribution in [0.4, 0.5) is 17.6 Å². The molecule has 0 aromatic heterocycles. The van der Waals surface area contributed by atoms with Crippen LogP contribution in [0.1, 0.15) is 127 Å². The van der Waals surface area contributed by atoms with Gasteiger partial charge in [-0.25, -0.2) is 17.6 Å². The summed E-state index contributed by atoms with van der Waals surface area (Å²) >= 11 is 0. The second kappa shape index (κ2) is 17.8. The van der Waals surface area contributed by atoms with Crippen LogP contribution in [-0.4, -0.2) is 0 Å². The fourth-order valence-electron chi connectivity index (χ4n) is 7.91. The van der Waals surface area contributed by atoms with Crippen molar-refractivity contribution in [3.05, 3.63) is 119 Å². The van der Waals surface area contributed by atoms with Gasteiger partial charge in [-0.05, 0) is 133 Å². The van der Waals surface area contributed by atoms with E-state index in [1.165, 1.54) is 125 Å². The Labute approximate surface area is 286 Å². The zero-order valence-corrected chi connectivity index (χ0v) is 28.8. The van der Waals surface area contributed by atoms with E-state index in [1.54, 1.807) is 12.1 Å². The van der Waals surface area contributed by atoms with E-state index in [1.807, 2.05) is 24.3 Å². The zero-order valence-electron chi connectivity index (χ0n) is 28.8. The summed E-state index contributed by atoms with van der Waals surface area (Å²) < 4.78 is 52.9. The fraction of sp³-hybridized carbons (Fsp3) is 0.455. The third-order valence-corrected chi connectivity index (χ3v) is 10.9. The predicted molar refractivity (Wildman–Crippen MR) is 192 cm³/mol. The van der Waals surface area contributed by atoms with Crippen LogP contribution in [0.5, 0.6) is 0 Å². The molecule has 0 amide bonds. The number of hydrogen-bond donors (Lipinski definition) is 0. The number of halogens is 4. The molecule has 4 aromatic rings. The summed E-state index contributed by atoms with van der Waals surface area (Å²) in [5, 5.41) is 0. The van der Waals surface area contributed by atoms with Gasteiger partial charge in [0.05, 0.1) is 0 Å². The van der Waals surface area contributed by atoms with Crippen LogP contribution in [0, 0.1) is 35.1 Å². The topological polar surface area (TPSA) is 0 Å². The molecular weight excluding hydrogens is 604 g/mol. The number of unbranched alkanes of at least 4 members (excludes halogenated alkanes) is 2. The summed E-state index contributed by atoms with van der Waals surface area (Å²) in [6.07, 6.45) is 18.6. The highest BCUT2D eigenvalue weighted by Crippen LogP contribution is 2.39. The summed E-state index contributed by atoms with van der Waals surface area (Å²) in [5.74, 6) is -0.0282. The highest BCUT2D eigenvalue weighted by molar-refractivity contribution is 5.64.